The van der Waals surface area contributed by atoms with Crippen LogP contribution in [0, 0.1) is 22.9 Å². The van der Waals surface area contributed by atoms with Gasteiger partial charge in [0.25, 0.3) is 17.0 Å². The summed E-state index contributed by atoms with van der Waals surface area (Å²) in [6.45, 7) is 4.34. The van der Waals surface area contributed by atoms with Crippen LogP contribution in [-0.4, -0.2) is 58.1 Å². The molecule has 0 aliphatic carbocycles. The van der Waals surface area contributed by atoms with Crippen molar-refractivity contribution in [3.63, 3.8) is 0 Å². The molecule has 2 aromatic rings. The van der Waals surface area contributed by atoms with Crippen molar-refractivity contribution in [1.29, 1.82) is 0 Å². The van der Waals surface area contributed by atoms with Crippen molar-refractivity contribution < 1.29 is 49.5 Å². The second kappa shape index (κ2) is 13.4. The molecule has 11 nitrogen and oxygen atoms in total. The molecule has 2 rings (SSSR count). The Morgan fingerprint density at radius 3 is 2.42 bits per heavy atom. The minimum Gasteiger partial charge on any atom is -0.456 e. The fourth-order valence-electron chi connectivity index (χ4n) is 3.48. The van der Waals surface area contributed by atoms with Gasteiger partial charge in [-0.1, -0.05) is 6.07 Å². The molecule has 0 aliphatic rings. The lowest BCUT2D eigenvalue weighted by Gasteiger charge is -2.23. The first-order valence-electron chi connectivity index (χ1n) is 11.8. The van der Waals surface area contributed by atoms with Crippen molar-refractivity contribution in [3.8, 4) is 11.5 Å². The first kappa shape index (κ1) is 33.0. The van der Waals surface area contributed by atoms with Gasteiger partial charge in [0.2, 0.25) is 5.50 Å². The number of carbonyl (C=O) groups is 1. The van der Waals surface area contributed by atoms with Crippen LogP contribution in [0.25, 0.3) is 0 Å². The Morgan fingerprint density at radius 1 is 1.23 bits per heavy atom. The van der Waals surface area contributed by atoms with E-state index in [1.54, 1.807) is 20.8 Å². The van der Waals surface area contributed by atoms with Gasteiger partial charge in [-0.25, -0.2) is 26.2 Å². The molecule has 1 N–H and O–H groups in total. The molecule has 2 aromatic carbocycles. The van der Waals surface area contributed by atoms with Crippen LogP contribution in [0.2, 0.25) is 0 Å². The molecule has 0 fully saturated rings. The molecule has 0 spiro atoms. The van der Waals surface area contributed by atoms with E-state index >= 15 is 4.39 Å². The minimum absolute atomic E-state index is 0.0467. The average molecular weight is 611 g/mol. The quantitative estimate of drug-likeness (QED) is 0.140. The summed E-state index contributed by atoms with van der Waals surface area (Å²) < 4.78 is 98.9. The highest BCUT2D eigenvalue weighted by Gasteiger charge is 2.31. The molecule has 0 aromatic heterocycles. The van der Waals surface area contributed by atoms with Crippen molar-refractivity contribution in [1.82, 2.24) is 0 Å². The summed E-state index contributed by atoms with van der Waals surface area (Å²) in [7, 11) is -4.34. The molecule has 40 heavy (non-hydrogen) atoms. The number of nitrogens with zero attached hydrogens (tertiary/aromatic N) is 2. The number of carbonyl (C=O) groups excluding carboxylic acids is 1. The number of sulfone groups is 1. The highest BCUT2D eigenvalue weighted by atomic mass is 32.2. The Bertz CT molecular complexity index is 1380. The first-order valence-corrected chi connectivity index (χ1v) is 14.6. The lowest BCUT2D eigenvalue weighted by Crippen LogP contribution is -2.31. The van der Waals surface area contributed by atoms with Gasteiger partial charge in [-0.05, 0) is 52.3 Å². The molecule has 2 unspecified atom stereocenters. The molecule has 0 bridgehead atoms. The highest BCUT2D eigenvalue weighted by Crippen LogP contribution is 2.37. The van der Waals surface area contributed by atoms with E-state index in [0.717, 1.165) is 24.3 Å². The molecule has 16 heteroatoms. The van der Waals surface area contributed by atoms with Gasteiger partial charge in [-0.15, -0.1) is 0 Å². The lowest BCUT2D eigenvalue weighted by molar-refractivity contribution is -0.385. The van der Waals surface area contributed by atoms with Crippen LogP contribution in [0.3, 0.4) is 0 Å². The SMILES string of the molecule is Cc1c(Oc2cccc(N(CCC(F)S(=O)(=O)CCCF)S(=O)O)c2F)ccc([N+](=O)[O-])c1C(=O)OC(C)(C)C. The number of hydrogen-bond donors (Lipinski definition) is 1. The van der Waals surface area contributed by atoms with Gasteiger partial charge >= 0.3 is 5.97 Å². The maximum absolute atomic E-state index is 15.4. The van der Waals surface area contributed by atoms with Crippen molar-refractivity contribution in [3.05, 3.63) is 57.4 Å². The van der Waals surface area contributed by atoms with Gasteiger partial charge < -0.3 is 9.47 Å². The number of halogens is 3. The third-order valence-electron chi connectivity index (χ3n) is 5.32. The third-order valence-corrected chi connectivity index (χ3v) is 7.95. The highest BCUT2D eigenvalue weighted by molar-refractivity contribution is 7.91. The summed E-state index contributed by atoms with van der Waals surface area (Å²) in [4.78, 5) is 23.5. The number of nitro groups is 1. The molecule has 0 heterocycles. The standard InChI is InChI=1S/C24H29F3N2O9S2/c1-15-18(10-9-16(29(31)32)21(15)23(30)38-24(2,3)4)37-19-8-5-7-17(22(19)27)28(39(33)34)13-11-20(26)40(35,36)14-6-12-25/h5,7-10,20H,6,11-14H2,1-4H3,(H,33,34). The van der Waals surface area contributed by atoms with E-state index in [1.807, 2.05) is 0 Å². The zero-order valence-corrected chi connectivity index (χ0v) is 23.7. The lowest BCUT2D eigenvalue weighted by atomic mass is 10.0. The molecule has 0 saturated carbocycles. The van der Waals surface area contributed by atoms with Gasteiger partial charge in [0.1, 0.15) is 16.9 Å². The summed E-state index contributed by atoms with van der Waals surface area (Å²) >= 11 is -2.92. The Morgan fingerprint density at radius 2 is 1.88 bits per heavy atom. The normalized spacial score (nSPS) is 13.4. The molecule has 0 aliphatic heterocycles. The van der Waals surface area contributed by atoms with E-state index in [2.05, 4.69) is 0 Å². The molecule has 2 atom stereocenters. The van der Waals surface area contributed by atoms with Gasteiger partial charge in [-0.3, -0.25) is 23.4 Å². The number of alkyl halides is 2. The predicted molar refractivity (Wildman–Crippen MR) is 141 cm³/mol. The number of benzene rings is 2. The van der Waals surface area contributed by atoms with E-state index in [-0.39, 0.29) is 11.3 Å². The summed E-state index contributed by atoms with van der Waals surface area (Å²) in [6, 6.07) is 5.53. The van der Waals surface area contributed by atoms with Gasteiger partial charge in [-0.2, -0.15) is 0 Å². The monoisotopic (exact) mass is 610 g/mol. The molecule has 222 valence electrons. The zero-order valence-electron chi connectivity index (χ0n) is 22.1. The topological polar surface area (TPSA) is 153 Å². The van der Waals surface area contributed by atoms with E-state index in [4.69, 9.17) is 9.47 Å². The number of nitro benzene ring substituents is 1. The van der Waals surface area contributed by atoms with Crippen molar-refractivity contribution in [2.24, 2.45) is 0 Å². The maximum Gasteiger partial charge on any atom is 0.346 e. The van der Waals surface area contributed by atoms with Crippen LogP contribution in [0.5, 0.6) is 11.5 Å². The number of ether oxygens (including phenoxy) is 2. The van der Waals surface area contributed by atoms with E-state index in [0.29, 0.717) is 4.31 Å². The second-order valence-corrected chi connectivity index (χ2v) is 12.6. The Balaban J connectivity index is 2.42. The van der Waals surface area contributed by atoms with E-state index in [1.165, 1.54) is 13.0 Å². The van der Waals surface area contributed by atoms with Crippen LogP contribution in [0.4, 0.5) is 24.5 Å². The first-order chi connectivity index (χ1) is 18.5. The molecule has 0 saturated heterocycles. The van der Waals surface area contributed by atoms with E-state index < -0.39 is 103 Å². The molecule has 0 amide bonds. The van der Waals surface area contributed by atoms with Crippen LogP contribution in [-0.2, 0) is 25.8 Å². The van der Waals surface area contributed by atoms with Gasteiger partial charge in [0, 0.05) is 24.6 Å². The summed E-state index contributed by atoms with van der Waals surface area (Å²) in [5, 5.41) is 11.5. The Labute approximate surface area is 231 Å². The number of rotatable bonds is 13. The number of anilines is 1. The average Bonchev–Trinajstić information content (AvgIpc) is 2.84. The van der Waals surface area contributed by atoms with Gasteiger partial charge in [0.05, 0.1) is 23.0 Å². The van der Waals surface area contributed by atoms with Crippen molar-refractivity contribution in [2.75, 3.05) is 23.3 Å². The summed E-state index contributed by atoms with van der Waals surface area (Å²) in [5.74, 6) is -3.66. The van der Waals surface area contributed by atoms with Crippen molar-refractivity contribution in [2.45, 2.75) is 51.6 Å². The Hall–Kier alpha value is -3.24. The van der Waals surface area contributed by atoms with E-state index in [9.17, 15) is 40.9 Å². The van der Waals surface area contributed by atoms with Crippen molar-refractivity contribution >= 4 is 38.4 Å². The zero-order chi connectivity index (χ0) is 30.4. The van der Waals surface area contributed by atoms with Crippen LogP contribution >= 0.6 is 0 Å². The minimum atomic E-state index is -4.34. The second-order valence-electron chi connectivity index (χ2n) is 9.47. The Kier molecular flexibility index (Phi) is 11.1. The third kappa shape index (κ3) is 8.38. The van der Waals surface area contributed by atoms with Crippen LogP contribution in [0.1, 0.15) is 49.5 Å². The van der Waals surface area contributed by atoms with Crippen LogP contribution < -0.4 is 9.04 Å². The molecule has 0 radical (unpaired) electrons. The molecular weight excluding hydrogens is 581 g/mol. The largest absolute Gasteiger partial charge is 0.456 e. The molecular formula is C24H29F3N2O9S2. The number of hydrogen-bond acceptors (Lipinski definition) is 8. The fourth-order valence-corrected chi connectivity index (χ4v) is 5.28. The number of esters is 1. The van der Waals surface area contributed by atoms with Gasteiger partial charge in [0.15, 0.2) is 21.4 Å². The summed E-state index contributed by atoms with van der Waals surface area (Å²) in [6.07, 6.45) is -1.23. The predicted octanol–water partition coefficient (Wildman–Crippen LogP) is 5.19. The summed E-state index contributed by atoms with van der Waals surface area (Å²) in [5.41, 5.74) is -5.05. The smallest absolute Gasteiger partial charge is 0.346 e. The maximum atomic E-state index is 15.4. The fraction of sp³-hybridized carbons (Fsp3) is 0.458. The van der Waals surface area contributed by atoms with Crippen LogP contribution in [0.15, 0.2) is 30.3 Å².